The van der Waals surface area contributed by atoms with Gasteiger partial charge >= 0.3 is 0 Å². The lowest BCUT2D eigenvalue weighted by Crippen LogP contribution is -2.50. The molecule has 0 spiro atoms. The van der Waals surface area contributed by atoms with Gasteiger partial charge in [-0.15, -0.1) is 23.4 Å². The number of rotatable bonds is 4. The smallest absolute Gasteiger partial charge is 0.0950 e. The first-order chi connectivity index (χ1) is 13.0. The van der Waals surface area contributed by atoms with Crippen molar-refractivity contribution in [2.45, 2.75) is 72.1 Å². The highest BCUT2D eigenvalue weighted by Gasteiger charge is 2.58. The summed E-state index contributed by atoms with van der Waals surface area (Å²) in [4.78, 5) is 1.45. The Balaban J connectivity index is 1.70. The summed E-state index contributed by atoms with van der Waals surface area (Å²) in [5, 5.41) is 10.0. The first kappa shape index (κ1) is 19.9. The molecule has 0 N–H and O–H groups in total. The SMILES string of the molecule is CC[C@H]1CC[C@H]2[C@@H]3CC(C#N)=C4C=C(SCCCl)CC[C@]4(C)[C@H]3CC[C@]12C. The second-order valence-corrected chi connectivity index (χ2v) is 11.5. The van der Waals surface area contributed by atoms with Gasteiger partial charge in [0.2, 0.25) is 0 Å². The molecule has 0 bridgehead atoms. The fourth-order valence-corrected chi connectivity index (χ4v) is 8.63. The second-order valence-electron chi connectivity index (χ2n) is 9.88. The molecule has 0 heterocycles. The van der Waals surface area contributed by atoms with Crippen LogP contribution >= 0.6 is 23.4 Å². The van der Waals surface area contributed by atoms with Crippen molar-refractivity contribution in [3.05, 3.63) is 22.1 Å². The van der Waals surface area contributed by atoms with E-state index in [-0.39, 0.29) is 5.41 Å². The van der Waals surface area contributed by atoms with Crippen LogP contribution < -0.4 is 0 Å². The summed E-state index contributed by atoms with van der Waals surface area (Å²) in [5.74, 6) is 4.91. The monoisotopic (exact) mass is 403 g/mol. The van der Waals surface area contributed by atoms with Gasteiger partial charge in [0.25, 0.3) is 0 Å². The van der Waals surface area contributed by atoms with Crippen molar-refractivity contribution in [3.8, 4) is 6.07 Å². The van der Waals surface area contributed by atoms with Crippen molar-refractivity contribution in [1.82, 2.24) is 0 Å². The van der Waals surface area contributed by atoms with Crippen LogP contribution in [0.1, 0.15) is 72.1 Å². The largest absolute Gasteiger partial charge is 0.193 e. The normalized spacial score (nSPS) is 43.4. The predicted molar refractivity (Wildman–Crippen MR) is 117 cm³/mol. The van der Waals surface area contributed by atoms with Crippen molar-refractivity contribution in [3.63, 3.8) is 0 Å². The molecule has 4 aliphatic rings. The van der Waals surface area contributed by atoms with E-state index >= 15 is 0 Å². The van der Waals surface area contributed by atoms with Crippen molar-refractivity contribution in [2.75, 3.05) is 11.6 Å². The van der Waals surface area contributed by atoms with Crippen LogP contribution in [0.3, 0.4) is 0 Å². The molecular formula is C24H34ClNS. The van der Waals surface area contributed by atoms with E-state index in [4.69, 9.17) is 11.6 Å². The van der Waals surface area contributed by atoms with Gasteiger partial charge in [0, 0.05) is 17.2 Å². The fraction of sp³-hybridized carbons (Fsp3) is 0.792. The highest BCUT2D eigenvalue weighted by atomic mass is 35.5. The van der Waals surface area contributed by atoms with Crippen LogP contribution in [-0.2, 0) is 0 Å². The molecule has 1 nitrogen and oxygen atoms in total. The van der Waals surface area contributed by atoms with Gasteiger partial charge in [0.1, 0.15) is 0 Å². The number of alkyl halides is 1. The van der Waals surface area contributed by atoms with Crippen LogP contribution in [0.2, 0.25) is 0 Å². The molecule has 4 aliphatic carbocycles. The molecule has 0 aromatic heterocycles. The Morgan fingerprint density at radius 2 is 2.04 bits per heavy atom. The minimum Gasteiger partial charge on any atom is -0.193 e. The van der Waals surface area contributed by atoms with E-state index in [2.05, 4.69) is 32.9 Å². The van der Waals surface area contributed by atoms with Gasteiger partial charge in [-0.05, 0) is 96.0 Å². The quantitative estimate of drug-likeness (QED) is 0.458. The van der Waals surface area contributed by atoms with Gasteiger partial charge in [-0.2, -0.15) is 5.26 Å². The number of allylic oxidation sites excluding steroid dienone is 4. The molecule has 27 heavy (non-hydrogen) atoms. The molecule has 2 saturated carbocycles. The van der Waals surface area contributed by atoms with Crippen molar-refractivity contribution >= 4 is 23.4 Å². The minimum atomic E-state index is 0.213. The molecule has 2 fully saturated rings. The maximum Gasteiger partial charge on any atom is 0.0950 e. The molecule has 0 aromatic rings. The van der Waals surface area contributed by atoms with Gasteiger partial charge in [-0.1, -0.05) is 27.2 Å². The van der Waals surface area contributed by atoms with Crippen molar-refractivity contribution < 1.29 is 0 Å². The summed E-state index contributed by atoms with van der Waals surface area (Å²) in [7, 11) is 0. The molecule has 3 heteroatoms. The number of fused-ring (bicyclic) bond motifs is 5. The molecule has 6 atom stereocenters. The predicted octanol–water partition coefficient (Wildman–Crippen LogP) is 7.33. The number of hydrogen-bond donors (Lipinski definition) is 0. The maximum atomic E-state index is 10.0. The van der Waals surface area contributed by atoms with Crippen LogP contribution in [0.4, 0.5) is 0 Å². The van der Waals surface area contributed by atoms with Crippen molar-refractivity contribution in [1.29, 1.82) is 5.26 Å². The van der Waals surface area contributed by atoms with E-state index in [1.165, 1.54) is 55.4 Å². The molecular weight excluding hydrogens is 370 g/mol. The molecule has 0 saturated heterocycles. The Labute approximate surface area is 175 Å². The van der Waals surface area contributed by atoms with Gasteiger partial charge in [0.15, 0.2) is 0 Å². The van der Waals surface area contributed by atoms with Gasteiger partial charge in [-0.3, -0.25) is 0 Å². The summed E-state index contributed by atoms with van der Waals surface area (Å²) in [6, 6.07) is 2.66. The lowest BCUT2D eigenvalue weighted by molar-refractivity contribution is -0.0375. The minimum absolute atomic E-state index is 0.213. The summed E-state index contributed by atoms with van der Waals surface area (Å²) >= 11 is 7.81. The number of nitriles is 1. The lowest BCUT2D eigenvalue weighted by Gasteiger charge is -2.57. The second kappa shape index (κ2) is 7.46. The van der Waals surface area contributed by atoms with Crippen LogP contribution in [-0.4, -0.2) is 11.6 Å². The van der Waals surface area contributed by atoms with Gasteiger partial charge in [-0.25, -0.2) is 0 Å². The molecule has 0 amide bonds. The molecule has 0 radical (unpaired) electrons. The Kier molecular flexibility index (Phi) is 5.50. The Bertz CT molecular complexity index is 704. The van der Waals surface area contributed by atoms with E-state index in [1.807, 2.05) is 11.8 Å². The Morgan fingerprint density at radius 1 is 1.22 bits per heavy atom. The van der Waals surface area contributed by atoms with E-state index in [0.29, 0.717) is 11.3 Å². The van der Waals surface area contributed by atoms with Crippen molar-refractivity contribution in [2.24, 2.45) is 34.5 Å². The molecule has 148 valence electrons. The topological polar surface area (TPSA) is 23.8 Å². The number of hydrogen-bond acceptors (Lipinski definition) is 2. The standard InChI is InChI=1S/C24H34ClNS/c1-4-17-5-6-20-19-13-16(15-26)22-14-18(27-12-11-25)7-9-24(22,3)21(19)8-10-23(17,20)2/h14,17,19-21H,4-13H2,1-3H3/t17-,19-,20-,21-,23+,24+/m0/s1. The van der Waals surface area contributed by atoms with Gasteiger partial charge < -0.3 is 0 Å². The highest BCUT2D eigenvalue weighted by molar-refractivity contribution is 8.03. The molecule has 0 aliphatic heterocycles. The summed E-state index contributed by atoms with van der Waals surface area (Å²) < 4.78 is 0. The Morgan fingerprint density at radius 3 is 2.74 bits per heavy atom. The Hall–Kier alpha value is -0.390. The number of thioether (sulfide) groups is 1. The van der Waals surface area contributed by atoms with Crippen LogP contribution in [0.5, 0.6) is 0 Å². The fourth-order valence-electron chi connectivity index (χ4n) is 7.61. The number of halogens is 1. The van der Waals surface area contributed by atoms with E-state index in [0.717, 1.165) is 41.4 Å². The summed E-state index contributed by atoms with van der Waals surface area (Å²) in [5.41, 5.74) is 3.23. The van der Waals surface area contributed by atoms with Crippen LogP contribution in [0.15, 0.2) is 22.1 Å². The third-order valence-electron chi connectivity index (χ3n) is 9.02. The third kappa shape index (κ3) is 3.03. The zero-order valence-corrected chi connectivity index (χ0v) is 18.8. The van der Waals surface area contributed by atoms with E-state index < -0.39 is 0 Å². The highest BCUT2D eigenvalue weighted by Crippen LogP contribution is 2.67. The van der Waals surface area contributed by atoms with Crippen LogP contribution in [0.25, 0.3) is 0 Å². The summed E-state index contributed by atoms with van der Waals surface area (Å²) in [6.07, 6.45) is 12.7. The third-order valence-corrected chi connectivity index (χ3v) is 10.5. The molecule has 0 aromatic carbocycles. The van der Waals surface area contributed by atoms with Gasteiger partial charge in [0.05, 0.1) is 6.07 Å². The first-order valence-electron chi connectivity index (χ1n) is 11.0. The number of nitrogens with zero attached hydrogens (tertiary/aromatic N) is 1. The van der Waals surface area contributed by atoms with E-state index in [1.54, 1.807) is 0 Å². The molecule has 4 rings (SSSR count). The summed E-state index contributed by atoms with van der Waals surface area (Å²) in [6.45, 7) is 7.46. The average molecular weight is 404 g/mol. The average Bonchev–Trinajstić information content (AvgIpc) is 3.02. The first-order valence-corrected chi connectivity index (χ1v) is 12.5. The maximum absolute atomic E-state index is 10.0. The zero-order valence-electron chi connectivity index (χ0n) is 17.2. The zero-order chi connectivity index (χ0) is 19.2. The molecule has 0 unspecified atom stereocenters. The van der Waals surface area contributed by atoms with Crippen LogP contribution in [0, 0.1) is 45.8 Å². The lowest BCUT2D eigenvalue weighted by atomic mass is 9.47. The van der Waals surface area contributed by atoms with E-state index in [9.17, 15) is 5.26 Å².